The molecule has 1 saturated heterocycles. The minimum Gasteiger partial charge on any atom is -0.481 e. The summed E-state index contributed by atoms with van der Waals surface area (Å²) in [4.78, 5) is 15.9. The summed E-state index contributed by atoms with van der Waals surface area (Å²) in [5, 5.41) is 0. The van der Waals surface area contributed by atoms with E-state index >= 15 is 0 Å². The molecular weight excluding hydrogens is 273 g/mol. The predicted octanol–water partition coefficient (Wildman–Crippen LogP) is 0.998. The van der Waals surface area contributed by atoms with Crippen LogP contribution in [0.25, 0.3) is 0 Å². The molecule has 0 radical (unpaired) electrons. The lowest BCUT2D eigenvalue weighted by molar-refractivity contribution is -0.134. The van der Waals surface area contributed by atoms with Gasteiger partial charge in [-0.2, -0.15) is 0 Å². The number of carbonyl (C=O) groups is 1. The SMILES string of the molecule is C[C@@H](N)c1ccc(OCC(=O)N2CCN(C)CC2)c(F)c1. The molecule has 2 N–H and O–H groups in total. The van der Waals surface area contributed by atoms with Crippen molar-refractivity contribution in [2.24, 2.45) is 5.73 Å². The Morgan fingerprint density at radius 2 is 2.05 bits per heavy atom. The number of likely N-dealkylation sites (N-methyl/N-ethyl adjacent to an activating group) is 1. The van der Waals surface area contributed by atoms with Crippen LogP contribution in [0.15, 0.2) is 18.2 Å². The van der Waals surface area contributed by atoms with Crippen LogP contribution < -0.4 is 10.5 Å². The van der Waals surface area contributed by atoms with Gasteiger partial charge in [0.05, 0.1) is 0 Å². The van der Waals surface area contributed by atoms with Gasteiger partial charge in [-0.15, -0.1) is 0 Å². The smallest absolute Gasteiger partial charge is 0.260 e. The average molecular weight is 295 g/mol. The first-order valence-corrected chi connectivity index (χ1v) is 7.11. The number of benzene rings is 1. The molecule has 1 aliphatic heterocycles. The second kappa shape index (κ2) is 6.87. The predicted molar refractivity (Wildman–Crippen MR) is 78.6 cm³/mol. The molecule has 2 rings (SSSR count). The van der Waals surface area contributed by atoms with E-state index in [9.17, 15) is 9.18 Å². The number of nitrogens with two attached hydrogens (primary N) is 1. The third-order valence-corrected chi connectivity index (χ3v) is 3.69. The van der Waals surface area contributed by atoms with Gasteiger partial charge in [-0.25, -0.2) is 4.39 Å². The van der Waals surface area contributed by atoms with Crippen LogP contribution in [0, 0.1) is 5.82 Å². The van der Waals surface area contributed by atoms with Crippen LogP contribution in [0.5, 0.6) is 5.75 Å². The molecule has 0 unspecified atom stereocenters. The van der Waals surface area contributed by atoms with E-state index in [1.165, 1.54) is 12.1 Å². The second-order valence-corrected chi connectivity index (χ2v) is 5.45. The molecule has 0 spiro atoms. The third-order valence-electron chi connectivity index (χ3n) is 3.69. The van der Waals surface area contributed by atoms with Gasteiger partial charge in [-0.05, 0) is 31.7 Å². The second-order valence-electron chi connectivity index (χ2n) is 5.45. The zero-order valence-corrected chi connectivity index (χ0v) is 12.5. The largest absolute Gasteiger partial charge is 0.481 e. The first-order valence-electron chi connectivity index (χ1n) is 7.11. The molecule has 0 saturated carbocycles. The summed E-state index contributed by atoms with van der Waals surface area (Å²) in [6.07, 6.45) is 0. The molecule has 1 aromatic carbocycles. The Labute approximate surface area is 124 Å². The molecule has 1 atom stereocenters. The lowest BCUT2D eigenvalue weighted by atomic mass is 10.1. The van der Waals surface area contributed by atoms with Crippen molar-refractivity contribution < 1.29 is 13.9 Å². The summed E-state index contributed by atoms with van der Waals surface area (Å²) < 4.78 is 19.1. The highest BCUT2D eigenvalue weighted by Gasteiger charge is 2.19. The van der Waals surface area contributed by atoms with Gasteiger partial charge in [0.15, 0.2) is 18.2 Å². The fraction of sp³-hybridized carbons (Fsp3) is 0.533. The van der Waals surface area contributed by atoms with E-state index in [4.69, 9.17) is 10.5 Å². The molecule has 1 fully saturated rings. The Bertz CT molecular complexity index is 500. The Hall–Kier alpha value is -1.66. The van der Waals surface area contributed by atoms with Crippen molar-refractivity contribution in [1.29, 1.82) is 0 Å². The van der Waals surface area contributed by atoms with Gasteiger partial charge >= 0.3 is 0 Å². The van der Waals surface area contributed by atoms with Crippen LogP contribution in [-0.4, -0.2) is 55.5 Å². The van der Waals surface area contributed by atoms with Crippen molar-refractivity contribution in [3.8, 4) is 5.75 Å². The van der Waals surface area contributed by atoms with Crippen molar-refractivity contribution in [3.63, 3.8) is 0 Å². The highest BCUT2D eigenvalue weighted by atomic mass is 19.1. The van der Waals surface area contributed by atoms with Crippen LogP contribution >= 0.6 is 0 Å². The van der Waals surface area contributed by atoms with Crippen LogP contribution in [0.3, 0.4) is 0 Å². The maximum Gasteiger partial charge on any atom is 0.260 e. The van der Waals surface area contributed by atoms with E-state index in [-0.39, 0.29) is 24.3 Å². The van der Waals surface area contributed by atoms with Crippen molar-refractivity contribution >= 4 is 5.91 Å². The molecule has 21 heavy (non-hydrogen) atoms. The monoisotopic (exact) mass is 295 g/mol. The molecule has 1 amide bonds. The van der Waals surface area contributed by atoms with Gasteiger partial charge in [0.2, 0.25) is 0 Å². The van der Waals surface area contributed by atoms with E-state index in [0.29, 0.717) is 18.7 Å². The summed E-state index contributed by atoms with van der Waals surface area (Å²) >= 11 is 0. The molecule has 1 heterocycles. The van der Waals surface area contributed by atoms with Crippen molar-refractivity contribution in [1.82, 2.24) is 9.80 Å². The maximum absolute atomic E-state index is 13.8. The molecule has 0 aliphatic carbocycles. The number of piperazine rings is 1. The van der Waals surface area contributed by atoms with Gasteiger partial charge in [-0.3, -0.25) is 4.79 Å². The molecule has 1 aromatic rings. The summed E-state index contributed by atoms with van der Waals surface area (Å²) in [5.41, 5.74) is 6.39. The quantitative estimate of drug-likeness (QED) is 0.900. The Morgan fingerprint density at radius 1 is 1.38 bits per heavy atom. The van der Waals surface area contributed by atoms with Gasteiger partial charge < -0.3 is 20.3 Å². The van der Waals surface area contributed by atoms with E-state index < -0.39 is 5.82 Å². The Morgan fingerprint density at radius 3 is 2.62 bits per heavy atom. The third kappa shape index (κ3) is 4.15. The summed E-state index contributed by atoms with van der Waals surface area (Å²) in [6.45, 7) is 4.71. The Kier molecular flexibility index (Phi) is 5.14. The number of carbonyl (C=O) groups excluding carboxylic acids is 1. The maximum atomic E-state index is 13.8. The number of rotatable bonds is 4. The van der Waals surface area contributed by atoms with E-state index in [0.717, 1.165) is 13.1 Å². The van der Waals surface area contributed by atoms with Gasteiger partial charge in [-0.1, -0.05) is 6.07 Å². The van der Waals surface area contributed by atoms with Crippen molar-refractivity contribution in [3.05, 3.63) is 29.6 Å². The number of hydrogen-bond acceptors (Lipinski definition) is 4. The fourth-order valence-corrected chi connectivity index (χ4v) is 2.20. The summed E-state index contributed by atoms with van der Waals surface area (Å²) in [6, 6.07) is 4.34. The lowest BCUT2D eigenvalue weighted by Crippen LogP contribution is -2.48. The summed E-state index contributed by atoms with van der Waals surface area (Å²) in [5.74, 6) is -0.517. The fourth-order valence-electron chi connectivity index (χ4n) is 2.20. The summed E-state index contributed by atoms with van der Waals surface area (Å²) in [7, 11) is 2.02. The zero-order valence-electron chi connectivity index (χ0n) is 12.5. The van der Waals surface area contributed by atoms with Crippen LogP contribution in [-0.2, 0) is 4.79 Å². The van der Waals surface area contributed by atoms with Crippen LogP contribution in [0.4, 0.5) is 4.39 Å². The van der Waals surface area contributed by atoms with E-state index in [1.807, 2.05) is 7.05 Å². The Balaban J connectivity index is 1.89. The molecule has 5 nitrogen and oxygen atoms in total. The number of halogens is 1. The highest BCUT2D eigenvalue weighted by Crippen LogP contribution is 2.21. The lowest BCUT2D eigenvalue weighted by Gasteiger charge is -2.32. The minimum absolute atomic E-state index is 0.0851. The zero-order chi connectivity index (χ0) is 15.4. The molecule has 0 bridgehead atoms. The minimum atomic E-state index is -0.490. The van der Waals surface area contributed by atoms with Gasteiger partial charge in [0.1, 0.15) is 0 Å². The van der Waals surface area contributed by atoms with Crippen LogP contribution in [0.2, 0.25) is 0 Å². The number of nitrogens with zero attached hydrogens (tertiary/aromatic N) is 2. The first kappa shape index (κ1) is 15.7. The average Bonchev–Trinajstić information content (AvgIpc) is 2.46. The van der Waals surface area contributed by atoms with Crippen LogP contribution in [0.1, 0.15) is 18.5 Å². The van der Waals surface area contributed by atoms with Crippen molar-refractivity contribution in [2.45, 2.75) is 13.0 Å². The number of amides is 1. The van der Waals surface area contributed by atoms with Gasteiger partial charge in [0.25, 0.3) is 5.91 Å². The molecule has 6 heteroatoms. The highest BCUT2D eigenvalue weighted by molar-refractivity contribution is 5.77. The van der Waals surface area contributed by atoms with Crippen molar-refractivity contribution in [2.75, 3.05) is 39.8 Å². The topological polar surface area (TPSA) is 58.8 Å². The van der Waals surface area contributed by atoms with Gasteiger partial charge in [0, 0.05) is 32.2 Å². The van der Waals surface area contributed by atoms with E-state index in [1.54, 1.807) is 17.9 Å². The normalized spacial score (nSPS) is 17.6. The van der Waals surface area contributed by atoms with E-state index in [2.05, 4.69) is 4.90 Å². The standard InChI is InChI=1S/C15H22FN3O2/c1-11(17)12-3-4-14(13(16)9-12)21-10-15(20)19-7-5-18(2)6-8-19/h3-4,9,11H,5-8,10,17H2,1-2H3/t11-/m1/s1. The molecule has 0 aromatic heterocycles. The molecular formula is C15H22FN3O2. The molecule has 1 aliphatic rings. The first-order chi connectivity index (χ1) is 9.97. The number of ether oxygens (including phenoxy) is 1. The number of hydrogen-bond donors (Lipinski definition) is 1. The molecule has 116 valence electrons.